The summed E-state index contributed by atoms with van der Waals surface area (Å²) in [7, 11) is 0. The number of nitrogens with one attached hydrogen (secondary N) is 1. The average molecular weight is 261 g/mol. The molecule has 0 aromatic heterocycles. The number of carbonyl (C=O) groups excluding carboxylic acids is 1. The highest BCUT2D eigenvalue weighted by Crippen LogP contribution is 2.37. The molecular formula is C10H17BrN2O. The van der Waals surface area contributed by atoms with Crippen LogP contribution in [0.5, 0.6) is 0 Å². The number of carbonyl (C=O) groups is 1. The Morgan fingerprint density at radius 1 is 1.50 bits per heavy atom. The van der Waals surface area contributed by atoms with Crippen LogP contribution in [0.4, 0.5) is 0 Å². The van der Waals surface area contributed by atoms with Crippen molar-refractivity contribution in [2.75, 3.05) is 13.1 Å². The van der Waals surface area contributed by atoms with Crippen LogP contribution < -0.4 is 11.1 Å². The molecular weight excluding hydrogens is 244 g/mol. The number of halogens is 1. The van der Waals surface area contributed by atoms with Crippen LogP contribution in [0.1, 0.15) is 25.7 Å². The molecule has 0 saturated heterocycles. The van der Waals surface area contributed by atoms with Crippen LogP contribution in [0.25, 0.3) is 0 Å². The van der Waals surface area contributed by atoms with Crippen LogP contribution in [0.2, 0.25) is 0 Å². The van der Waals surface area contributed by atoms with Crippen molar-refractivity contribution >= 4 is 21.8 Å². The SMILES string of the molecule is C=C(Br)CNC(=O)C1(CN)CCCC1. The van der Waals surface area contributed by atoms with Gasteiger partial charge in [-0.05, 0) is 12.8 Å². The highest BCUT2D eigenvalue weighted by atomic mass is 79.9. The lowest BCUT2D eigenvalue weighted by atomic mass is 9.85. The molecule has 0 heterocycles. The molecule has 0 aromatic carbocycles. The summed E-state index contributed by atoms with van der Waals surface area (Å²) in [6.07, 6.45) is 4.06. The molecule has 0 radical (unpaired) electrons. The Bertz CT molecular complexity index is 234. The fourth-order valence-electron chi connectivity index (χ4n) is 1.94. The maximum atomic E-state index is 11.8. The molecule has 1 rings (SSSR count). The van der Waals surface area contributed by atoms with E-state index in [1.165, 1.54) is 0 Å². The van der Waals surface area contributed by atoms with Crippen LogP contribution in [0.15, 0.2) is 11.1 Å². The highest BCUT2D eigenvalue weighted by Gasteiger charge is 2.39. The lowest BCUT2D eigenvalue weighted by Gasteiger charge is -2.25. The summed E-state index contributed by atoms with van der Waals surface area (Å²) in [5.41, 5.74) is 5.38. The number of nitrogens with two attached hydrogens (primary N) is 1. The van der Waals surface area contributed by atoms with E-state index in [-0.39, 0.29) is 11.3 Å². The second-order valence-electron chi connectivity index (χ2n) is 3.89. The first kappa shape index (κ1) is 11.7. The van der Waals surface area contributed by atoms with E-state index >= 15 is 0 Å². The first-order valence-corrected chi connectivity index (χ1v) is 5.72. The first-order chi connectivity index (χ1) is 6.60. The number of hydrogen-bond acceptors (Lipinski definition) is 2. The van der Waals surface area contributed by atoms with Crippen molar-refractivity contribution in [2.45, 2.75) is 25.7 Å². The summed E-state index contributed by atoms with van der Waals surface area (Å²) in [6.45, 7) is 4.61. The summed E-state index contributed by atoms with van der Waals surface area (Å²) < 4.78 is 0.788. The van der Waals surface area contributed by atoms with Crippen LogP contribution in [0.3, 0.4) is 0 Å². The van der Waals surface area contributed by atoms with Crippen molar-refractivity contribution in [1.82, 2.24) is 5.32 Å². The van der Waals surface area contributed by atoms with Gasteiger partial charge in [0.05, 0.1) is 5.41 Å². The Balaban J connectivity index is 2.52. The summed E-state index contributed by atoms with van der Waals surface area (Å²) >= 11 is 3.21. The quantitative estimate of drug-likeness (QED) is 0.806. The van der Waals surface area contributed by atoms with E-state index in [9.17, 15) is 4.79 Å². The van der Waals surface area contributed by atoms with E-state index in [1.807, 2.05) is 0 Å². The van der Waals surface area contributed by atoms with Gasteiger partial charge in [0.2, 0.25) is 5.91 Å². The summed E-state index contributed by atoms with van der Waals surface area (Å²) in [5.74, 6) is 0.0816. The molecule has 1 amide bonds. The van der Waals surface area contributed by atoms with Gasteiger partial charge >= 0.3 is 0 Å². The van der Waals surface area contributed by atoms with Crippen LogP contribution in [-0.2, 0) is 4.79 Å². The molecule has 0 bridgehead atoms. The summed E-state index contributed by atoms with van der Waals surface area (Å²) in [5, 5.41) is 2.85. The molecule has 0 atom stereocenters. The molecule has 0 spiro atoms. The van der Waals surface area contributed by atoms with E-state index in [4.69, 9.17) is 5.73 Å². The van der Waals surface area contributed by atoms with E-state index in [1.54, 1.807) is 0 Å². The lowest BCUT2D eigenvalue weighted by Crippen LogP contribution is -2.44. The topological polar surface area (TPSA) is 55.1 Å². The smallest absolute Gasteiger partial charge is 0.227 e. The second-order valence-corrected chi connectivity index (χ2v) is 5.01. The third-order valence-corrected chi connectivity index (χ3v) is 3.15. The van der Waals surface area contributed by atoms with Crippen molar-refractivity contribution < 1.29 is 4.79 Å². The van der Waals surface area contributed by atoms with Crippen molar-refractivity contribution in [3.8, 4) is 0 Å². The van der Waals surface area contributed by atoms with Gasteiger partial charge in [0.25, 0.3) is 0 Å². The molecule has 1 aliphatic carbocycles. The molecule has 0 unspecified atom stereocenters. The van der Waals surface area contributed by atoms with Crippen molar-refractivity contribution in [3.63, 3.8) is 0 Å². The minimum atomic E-state index is -0.303. The predicted octanol–water partition coefficient (Wildman–Crippen LogP) is 1.53. The highest BCUT2D eigenvalue weighted by molar-refractivity contribution is 9.11. The Hall–Kier alpha value is -0.350. The molecule has 80 valence electrons. The van der Waals surface area contributed by atoms with Crippen molar-refractivity contribution in [3.05, 3.63) is 11.1 Å². The fraction of sp³-hybridized carbons (Fsp3) is 0.700. The minimum Gasteiger partial charge on any atom is -0.351 e. The average Bonchev–Trinajstić information content (AvgIpc) is 2.63. The first-order valence-electron chi connectivity index (χ1n) is 4.92. The predicted molar refractivity (Wildman–Crippen MR) is 61.0 cm³/mol. The van der Waals surface area contributed by atoms with Gasteiger partial charge < -0.3 is 11.1 Å². The zero-order chi connectivity index (χ0) is 10.6. The van der Waals surface area contributed by atoms with Gasteiger partial charge in [-0.1, -0.05) is 35.4 Å². The maximum Gasteiger partial charge on any atom is 0.227 e. The molecule has 4 heteroatoms. The van der Waals surface area contributed by atoms with Crippen LogP contribution in [0, 0.1) is 5.41 Å². The molecule has 1 aliphatic rings. The number of hydrogen-bond donors (Lipinski definition) is 2. The van der Waals surface area contributed by atoms with Gasteiger partial charge in [-0.15, -0.1) is 0 Å². The molecule has 3 N–H and O–H groups in total. The fourth-order valence-corrected chi connectivity index (χ4v) is 2.08. The number of amides is 1. The number of rotatable bonds is 4. The summed E-state index contributed by atoms with van der Waals surface area (Å²) in [4.78, 5) is 11.8. The Morgan fingerprint density at radius 2 is 2.07 bits per heavy atom. The van der Waals surface area contributed by atoms with Gasteiger partial charge in [-0.2, -0.15) is 0 Å². The third-order valence-electron chi connectivity index (χ3n) is 2.87. The molecule has 0 aromatic rings. The Labute approximate surface area is 93.2 Å². The van der Waals surface area contributed by atoms with Crippen molar-refractivity contribution in [1.29, 1.82) is 0 Å². The molecule has 1 saturated carbocycles. The van der Waals surface area contributed by atoms with E-state index in [0.717, 1.165) is 30.2 Å². The van der Waals surface area contributed by atoms with E-state index < -0.39 is 0 Å². The van der Waals surface area contributed by atoms with Gasteiger partial charge in [0.1, 0.15) is 0 Å². The molecule has 1 fully saturated rings. The van der Waals surface area contributed by atoms with Crippen LogP contribution >= 0.6 is 15.9 Å². The second kappa shape index (κ2) is 4.94. The minimum absolute atomic E-state index is 0.0816. The monoisotopic (exact) mass is 260 g/mol. The molecule has 3 nitrogen and oxygen atoms in total. The van der Waals surface area contributed by atoms with Crippen LogP contribution in [-0.4, -0.2) is 19.0 Å². The molecule has 14 heavy (non-hydrogen) atoms. The Kier molecular flexibility index (Phi) is 4.13. The van der Waals surface area contributed by atoms with Gasteiger partial charge in [-0.25, -0.2) is 0 Å². The van der Waals surface area contributed by atoms with Crippen molar-refractivity contribution in [2.24, 2.45) is 11.1 Å². The van der Waals surface area contributed by atoms with E-state index in [2.05, 4.69) is 27.8 Å². The Morgan fingerprint density at radius 3 is 2.50 bits per heavy atom. The molecule has 0 aliphatic heterocycles. The zero-order valence-electron chi connectivity index (χ0n) is 8.31. The standard InChI is InChI=1S/C10H17BrN2O/c1-8(11)6-13-9(14)10(7-12)4-2-3-5-10/h1-7,12H2,(H,13,14). The van der Waals surface area contributed by atoms with Gasteiger partial charge in [0, 0.05) is 17.6 Å². The lowest BCUT2D eigenvalue weighted by molar-refractivity contribution is -0.130. The normalized spacial score (nSPS) is 19.3. The zero-order valence-corrected chi connectivity index (χ0v) is 9.90. The van der Waals surface area contributed by atoms with Gasteiger partial charge in [-0.3, -0.25) is 4.79 Å². The van der Waals surface area contributed by atoms with E-state index in [0.29, 0.717) is 13.1 Å². The third kappa shape index (κ3) is 2.58. The van der Waals surface area contributed by atoms with Gasteiger partial charge in [0.15, 0.2) is 0 Å². The summed E-state index contributed by atoms with van der Waals surface area (Å²) in [6, 6.07) is 0. The maximum absolute atomic E-state index is 11.8. The largest absolute Gasteiger partial charge is 0.351 e.